The number of methoxy groups -OCH3 is 1. The molecule has 102 valence electrons. The fourth-order valence-electron chi connectivity index (χ4n) is 1.72. The second-order valence-electron chi connectivity index (χ2n) is 4.18. The third-order valence-corrected chi connectivity index (χ3v) is 3.60. The molecule has 0 aliphatic rings. The van der Waals surface area contributed by atoms with Crippen molar-refractivity contribution in [2.75, 3.05) is 13.4 Å². The summed E-state index contributed by atoms with van der Waals surface area (Å²) >= 11 is 1.69. The lowest BCUT2D eigenvalue weighted by molar-refractivity contribution is 0.238. The smallest absolute Gasteiger partial charge is 0.140 e. The van der Waals surface area contributed by atoms with Crippen LogP contribution in [-0.2, 0) is 0 Å². The molecule has 0 bridgehead atoms. The molecule has 0 unspecified atom stereocenters. The van der Waals surface area contributed by atoms with Crippen LogP contribution in [0.25, 0.3) is 0 Å². The van der Waals surface area contributed by atoms with Crippen molar-refractivity contribution in [1.82, 2.24) is 0 Å². The first-order valence-corrected chi connectivity index (χ1v) is 7.43. The number of hydrogen-bond acceptors (Lipinski definition) is 3. The average molecular weight is 284 g/mol. The molecule has 2 aromatic rings. The van der Waals surface area contributed by atoms with Gasteiger partial charge in [-0.05, 0) is 48.2 Å². The Labute approximate surface area is 123 Å². The van der Waals surface area contributed by atoms with Crippen molar-refractivity contribution >= 4 is 11.8 Å². The molecule has 0 amide bonds. The fourth-order valence-corrected chi connectivity index (χ4v) is 2.13. The van der Waals surface area contributed by atoms with Crippen molar-refractivity contribution in [2.45, 2.75) is 11.0 Å². The lowest BCUT2D eigenvalue weighted by Gasteiger charge is -2.05. The summed E-state index contributed by atoms with van der Waals surface area (Å²) in [6.07, 6.45) is 1.22. The molecular weight excluding hydrogens is 268 g/mol. The van der Waals surface area contributed by atoms with Gasteiger partial charge in [0, 0.05) is 10.5 Å². The SMILES string of the molecule is COc1cccc([C@@H](O)C#Cc2ccc(SC)cc2)c1. The van der Waals surface area contributed by atoms with Crippen LogP contribution in [-0.4, -0.2) is 18.5 Å². The molecule has 0 saturated carbocycles. The van der Waals surface area contributed by atoms with E-state index in [1.54, 1.807) is 24.9 Å². The molecule has 2 nitrogen and oxygen atoms in total. The van der Waals surface area contributed by atoms with Gasteiger partial charge in [-0.1, -0.05) is 24.0 Å². The highest BCUT2D eigenvalue weighted by Gasteiger charge is 2.04. The van der Waals surface area contributed by atoms with Crippen LogP contribution in [0.3, 0.4) is 0 Å². The van der Waals surface area contributed by atoms with Crippen LogP contribution in [0, 0.1) is 11.8 Å². The van der Waals surface area contributed by atoms with E-state index in [0.717, 1.165) is 11.1 Å². The molecule has 0 aliphatic carbocycles. The lowest BCUT2D eigenvalue weighted by atomic mass is 10.1. The molecule has 0 fully saturated rings. The molecule has 0 spiro atoms. The maximum Gasteiger partial charge on any atom is 0.140 e. The highest BCUT2D eigenvalue weighted by atomic mass is 32.2. The topological polar surface area (TPSA) is 29.5 Å². The number of hydrogen-bond donors (Lipinski definition) is 1. The zero-order chi connectivity index (χ0) is 14.4. The van der Waals surface area contributed by atoms with Crippen LogP contribution in [0.4, 0.5) is 0 Å². The predicted molar refractivity (Wildman–Crippen MR) is 83.1 cm³/mol. The Balaban J connectivity index is 2.14. The molecule has 0 radical (unpaired) electrons. The van der Waals surface area contributed by atoms with Gasteiger partial charge in [0.05, 0.1) is 7.11 Å². The van der Waals surface area contributed by atoms with E-state index in [0.29, 0.717) is 5.75 Å². The van der Waals surface area contributed by atoms with Crippen molar-refractivity contribution in [3.8, 4) is 17.6 Å². The average Bonchev–Trinajstić information content (AvgIpc) is 2.53. The van der Waals surface area contributed by atoms with Crippen molar-refractivity contribution in [2.24, 2.45) is 0 Å². The Morgan fingerprint density at radius 2 is 1.90 bits per heavy atom. The molecule has 2 aromatic carbocycles. The van der Waals surface area contributed by atoms with E-state index in [2.05, 4.69) is 11.8 Å². The number of thioether (sulfide) groups is 1. The normalized spacial score (nSPS) is 11.3. The number of aliphatic hydroxyl groups is 1. The third-order valence-electron chi connectivity index (χ3n) is 2.85. The van der Waals surface area contributed by atoms with Gasteiger partial charge in [0.1, 0.15) is 11.9 Å². The van der Waals surface area contributed by atoms with Gasteiger partial charge in [-0.3, -0.25) is 0 Å². The molecule has 2 rings (SSSR count). The van der Waals surface area contributed by atoms with Gasteiger partial charge in [-0.2, -0.15) is 0 Å². The molecule has 1 atom stereocenters. The summed E-state index contributed by atoms with van der Waals surface area (Å²) in [4.78, 5) is 1.20. The van der Waals surface area contributed by atoms with Gasteiger partial charge in [0.25, 0.3) is 0 Å². The summed E-state index contributed by atoms with van der Waals surface area (Å²) in [5, 5.41) is 10.1. The van der Waals surface area contributed by atoms with Crippen LogP contribution in [0.15, 0.2) is 53.4 Å². The highest BCUT2D eigenvalue weighted by molar-refractivity contribution is 7.98. The van der Waals surface area contributed by atoms with Gasteiger partial charge < -0.3 is 9.84 Å². The fraction of sp³-hybridized carbons (Fsp3) is 0.176. The molecule has 20 heavy (non-hydrogen) atoms. The van der Waals surface area contributed by atoms with Gasteiger partial charge in [0.15, 0.2) is 0 Å². The van der Waals surface area contributed by atoms with Crippen molar-refractivity contribution < 1.29 is 9.84 Å². The van der Waals surface area contributed by atoms with E-state index in [-0.39, 0.29) is 0 Å². The maximum absolute atomic E-state index is 10.1. The van der Waals surface area contributed by atoms with E-state index in [9.17, 15) is 5.11 Å². The second kappa shape index (κ2) is 7.04. The quantitative estimate of drug-likeness (QED) is 0.691. The lowest BCUT2D eigenvalue weighted by Crippen LogP contribution is -1.94. The minimum Gasteiger partial charge on any atom is -0.497 e. The summed E-state index contributed by atoms with van der Waals surface area (Å²) < 4.78 is 5.13. The maximum atomic E-state index is 10.1. The number of ether oxygens (including phenoxy) is 1. The van der Waals surface area contributed by atoms with E-state index in [1.165, 1.54) is 4.90 Å². The molecule has 3 heteroatoms. The Bertz CT molecular complexity index is 623. The molecule has 0 aliphatic heterocycles. The van der Waals surface area contributed by atoms with Crippen LogP contribution in [0.2, 0.25) is 0 Å². The van der Waals surface area contributed by atoms with Crippen molar-refractivity contribution in [3.05, 3.63) is 59.7 Å². The van der Waals surface area contributed by atoms with Gasteiger partial charge in [-0.25, -0.2) is 0 Å². The standard InChI is InChI=1S/C17H16O2S/c1-19-15-5-3-4-14(12-15)17(18)11-8-13-6-9-16(20-2)10-7-13/h3-7,9-10,12,17-18H,1-2H3/t17-/m0/s1. The van der Waals surface area contributed by atoms with Crippen molar-refractivity contribution in [3.63, 3.8) is 0 Å². The number of aliphatic hydroxyl groups excluding tert-OH is 1. The Hall–Kier alpha value is -1.89. The highest BCUT2D eigenvalue weighted by Crippen LogP contribution is 2.19. The minimum atomic E-state index is -0.815. The summed E-state index contributed by atoms with van der Waals surface area (Å²) in [5.74, 6) is 6.54. The zero-order valence-corrected chi connectivity index (χ0v) is 12.3. The summed E-state index contributed by atoms with van der Waals surface area (Å²) in [7, 11) is 1.60. The van der Waals surface area contributed by atoms with E-state index in [4.69, 9.17) is 4.74 Å². The van der Waals surface area contributed by atoms with Crippen LogP contribution >= 0.6 is 11.8 Å². The second-order valence-corrected chi connectivity index (χ2v) is 5.06. The van der Waals surface area contributed by atoms with Crippen LogP contribution < -0.4 is 4.74 Å². The van der Waals surface area contributed by atoms with Gasteiger partial charge >= 0.3 is 0 Å². The van der Waals surface area contributed by atoms with Gasteiger partial charge in [0.2, 0.25) is 0 Å². The van der Waals surface area contributed by atoms with E-state index >= 15 is 0 Å². The largest absolute Gasteiger partial charge is 0.497 e. The predicted octanol–water partition coefficient (Wildman–Crippen LogP) is 3.50. The van der Waals surface area contributed by atoms with Gasteiger partial charge in [-0.15, -0.1) is 11.8 Å². The Kier molecular flexibility index (Phi) is 5.11. The molecule has 0 heterocycles. The minimum absolute atomic E-state index is 0.715. The first-order valence-electron chi connectivity index (χ1n) is 6.20. The zero-order valence-electron chi connectivity index (χ0n) is 11.5. The van der Waals surface area contributed by atoms with Crippen LogP contribution in [0.5, 0.6) is 5.75 Å². The number of rotatable bonds is 3. The molecule has 0 saturated heterocycles. The Morgan fingerprint density at radius 1 is 1.15 bits per heavy atom. The molecule has 1 N–H and O–H groups in total. The summed E-state index contributed by atoms with van der Waals surface area (Å²) in [5.41, 5.74) is 1.63. The number of benzene rings is 2. The van der Waals surface area contributed by atoms with E-state index in [1.807, 2.05) is 48.7 Å². The molecule has 0 aromatic heterocycles. The Morgan fingerprint density at radius 3 is 2.55 bits per heavy atom. The molecular formula is C17H16O2S. The first kappa shape index (κ1) is 14.5. The monoisotopic (exact) mass is 284 g/mol. The van der Waals surface area contributed by atoms with Crippen molar-refractivity contribution in [1.29, 1.82) is 0 Å². The van der Waals surface area contributed by atoms with Crippen LogP contribution in [0.1, 0.15) is 17.2 Å². The third kappa shape index (κ3) is 3.80. The summed E-state index contributed by atoms with van der Waals surface area (Å²) in [6, 6.07) is 15.2. The first-order chi connectivity index (χ1) is 9.72. The van der Waals surface area contributed by atoms with E-state index < -0.39 is 6.10 Å². The summed E-state index contributed by atoms with van der Waals surface area (Å²) in [6.45, 7) is 0.